The number of rotatable bonds is 2. The normalized spacial score (nSPS) is 16.5. The van der Waals surface area contributed by atoms with E-state index in [1.807, 2.05) is 30.3 Å². The summed E-state index contributed by atoms with van der Waals surface area (Å²) < 4.78 is 6.43. The van der Waals surface area contributed by atoms with Crippen LogP contribution in [0, 0.1) is 5.21 Å². The second-order valence-electron chi connectivity index (χ2n) is 6.30. The van der Waals surface area contributed by atoms with E-state index in [1.165, 1.54) is 0 Å². The van der Waals surface area contributed by atoms with Gasteiger partial charge < -0.3 is 9.94 Å². The van der Waals surface area contributed by atoms with E-state index in [4.69, 9.17) is 4.74 Å². The van der Waals surface area contributed by atoms with Gasteiger partial charge in [0, 0.05) is 18.7 Å². The van der Waals surface area contributed by atoms with Crippen molar-refractivity contribution in [3.8, 4) is 22.4 Å². The van der Waals surface area contributed by atoms with E-state index in [9.17, 15) is 5.21 Å². The Hall–Kier alpha value is -2.50. The van der Waals surface area contributed by atoms with Crippen LogP contribution in [0.1, 0.15) is 5.82 Å². The van der Waals surface area contributed by atoms with Crippen LogP contribution in [0.5, 0.6) is 0 Å². The topological polar surface area (TPSA) is 52.3 Å². The molecule has 1 aliphatic heterocycles. The molecule has 0 amide bonds. The lowest BCUT2D eigenvalue weighted by Gasteiger charge is -2.25. The van der Waals surface area contributed by atoms with Gasteiger partial charge in [-0.15, -0.1) is 0 Å². The summed E-state index contributed by atoms with van der Waals surface area (Å²) in [4.78, 5) is 6.91. The fraction of sp³-hybridized carbons (Fsp3) is 0.263. The number of nitrogens with zero attached hydrogens (tertiary/aromatic N) is 3. The Kier molecular flexibility index (Phi) is 3.04. The zero-order chi connectivity index (χ0) is 16.1. The molecule has 2 heterocycles. The van der Waals surface area contributed by atoms with Crippen molar-refractivity contribution < 1.29 is 9.47 Å². The molecule has 0 radical (unpaired) electrons. The molecule has 1 fully saturated rings. The van der Waals surface area contributed by atoms with Crippen molar-refractivity contribution in [1.29, 1.82) is 0 Å². The summed E-state index contributed by atoms with van der Waals surface area (Å²) in [5, 5.41) is 14.1. The average Bonchev–Trinajstić information content (AvgIpc) is 2.97. The van der Waals surface area contributed by atoms with Crippen LogP contribution >= 0.6 is 0 Å². The zero-order valence-electron chi connectivity index (χ0n) is 13.2. The van der Waals surface area contributed by atoms with Crippen LogP contribution in [0.25, 0.3) is 33.3 Å². The Balaban J connectivity index is 1.71. The van der Waals surface area contributed by atoms with Gasteiger partial charge in [0.1, 0.15) is 12.2 Å². The highest BCUT2D eigenvalue weighted by molar-refractivity contribution is 6.11. The van der Waals surface area contributed by atoms with Crippen molar-refractivity contribution in [2.24, 2.45) is 0 Å². The Morgan fingerprint density at radius 2 is 1.75 bits per heavy atom. The number of morpholine rings is 1. The Bertz CT molecular complexity index is 949. The molecule has 0 N–H and O–H groups in total. The van der Waals surface area contributed by atoms with Gasteiger partial charge >= 0.3 is 5.82 Å². The minimum absolute atomic E-state index is 0.558. The molecule has 5 heteroatoms. The van der Waals surface area contributed by atoms with Crippen LogP contribution in [0.2, 0.25) is 0 Å². The Labute approximate surface area is 139 Å². The van der Waals surface area contributed by atoms with Crippen molar-refractivity contribution in [1.82, 2.24) is 9.88 Å². The van der Waals surface area contributed by atoms with Gasteiger partial charge in [-0.05, 0) is 22.2 Å². The number of ether oxygens (including phenoxy) is 1. The molecule has 2 aromatic carbocycles. The van der Waals surface area contributed by atoms with Crippen molar-refractivity contribution in [3.05, 3.63) is 53.5 Å². The third kappa shape index (κ3) is 1.95. The van der Waals surface area contributed by atoms with Gasteiger partial charge in [-0.25, -0.2) is 4.73 Å². The summed E-state index contributed by atoms with van der Waals surface area (Å²) in [6.45, 7) is 3.66. The molecule has 2 aliphatic rings. The van der Waals surface area contributed by atoms with Crippen LogP contribution in [-0.4, -0.2) is 36.2 Å². The third-order valence-corrected chi connectivity index (χ3v) is 4.91. The van der Waals surface area contributed by atoms with E-state index in [-0.39, 0.29) is 0 Å². The number of benzene rings is 2. The first-order chi connectivity index (χ1) is 11.8. The standard InChI is InChI=1S/C19H17N3O2/c23-22-17(12-21-8-10-24-11-9-21)20-16-7-3-6-14-13-4-1-2-5-15(13)19(22)18(14)16/h1-7H,8-12H2. The van der Waals surface area contributed by atoms with Gasteiger partial charge in [0.05, 0.1) is 18.6 Å². The first kappa shape index (κ1) is 13.9. The molecule has 0 saturated carbocycles. The number of hydrogen-bond acceptors (Lipinski definition) is 4. The SMILES string of the molecule is [O-][n+]1c(CN2CCOCC2)nc2cccc3c2c1-c1ccccc1-3. The first-order valence-electron chi connectivity index (χ1n) is 8.28. The summed E-state index contributed by atoms with van der Waals surface area (Å²) >= 11 is 0. The van der Waals surface area contributed by atoms with E-state index in [0.29, 0.717) is 25.6 Å². The quantitative estimate of drug-likeness (QED) is 0.420. The van der Waals surface area contributed by atoms with Gasteiger partial charge in [-0.1, -0.05) is 36.4 Å². The zero-order valence-corrected chi connectivity index (χ0v) is 13.2. The predicted octanol–water partition coefficient (Wildman–Crippen LogP) is 2.35. The Morgan fingerprint density at radius 3 is 2.58 bits per heavy atom. The van der Waals surface area contributed by atoms with Crippen molar-refractivity contribution in [3.63, 3.8) is 0 Å². The lowest BCUT2D eigenvalue weighted by atomic mass is 10.1. The van der Waals surface area contributed by atoms with Crippen LogP contribution in [-0.2, 0) is 11.3 Å². The van der Waals surface area contributed by atoms with Crippen molar-refractivity contribution >= 4 is 10.9 Å². The molecule has 120 valence electrons. The maximum absolute atomic E-state index is 13.1. The summed E-state index contributed by atoms with van der Waals surface area (Å²) in [5.41, 5.74) is 4.87. The molecule has 0 atom stereocenters. The monoisotopic (exact) mass is 319 g/mol. The largest absolute Gasteiger partial charge is 0.710 e. The summed E-state index contributed by atoms with van der Waals surface area (Å²) in [6, 6.07) is 14.2. The van der Waals surface area contributed by atoms with Crippen LogP contribution < -0.4 is 4.73 Å². The highest BCUT2D eigenvalue weighted by Gasteiger charge is 2.30. The van der Waals surface area contributed by atoms with Crippen LogP contribution in [0.4, 0.5) is 0 Å². The molecular formula is C19H17N3O2. The number of aromatic nitrogens is 2. The van der Waals surface area contributed by atoms with E-state index in [0.717, 1.165) is 51.1 Å². The molecule has 1 aromatic heterocycles. The van der Waals surface area contributed by atoms with Gasteiger partial charge in [0.2, 0.25) is 0 Å². The third-order valence-electron chi connectivity index (χ3n) is 4.91. The molecule has 0 bridgehead atoms. The van der Waals surface area contributed by atoms with E-state index >= 15 is 0 Å². The highest BCUT2D eigenvalue weighted by atomic mass is 16.5. The molecule has 5 nitrogen and oxygen atoms in total. The smallest absolute Gasteiger partial charge is 0.316 e. The molecule has 5 rings (SSSR count). The van der Waals surface area contributed by atoms with E-state index in [1.54, 1.807) is 0 Å². The average molecular weight is 319 g/mol. The minimum Gasteiger partial charge on any atom is -0.710 e. The van der Waals surface area contributed by atoms with Gasteiger partial charge in [0.15, 0.2) is 5.52 Å². The van der Waals surface area contributed by atoms with Crippen LogP contribution in [0.15, 0.2) is 42.5 Å². The number of fused-ring (bicyclic) bond motifs is 3. The minimum atomic E-state index is 0.558. The van der Waals surface area contributed by atoms with Gasteiger partial charge in [-0.2, -0.15) is 0 Å². The fourth-order valence-electron chi connectivity index (χ4n) is 3.75. The van der Waals surface area contributed by atoms with Gasteiger partial charge in [0.25, 0.3) is 0 Å². The second kappa shape index (κ2) is 5.26. The second-order valence-corrected chi connectivity index (χ2v) is 6.30. The molecule has 1 aliphatic carbocycles. The molecule has 24 heavy (non-hydrogen) atoms. The molecule has 0 unspecified atom stereocenters. The van der Waals surface area contributed by atoms with Gasteiger partial charge in [-0.3, -0.25) is 4.90 Å². The fourth-order valence-corrected chi connectivity index (χ4v) is 3.75. The first-order valence-corrected chi connectivity index (χ1v) is 8.28. The Morgan fingerprint density at radius 1 is 1.00 bits per heavy atom. The summed E-state index contributed by atoms with van der Waals surface area (Å²) in [6.07, 6.45) is 0. The number of hydrogen-bond donors (Lipinski definition) is 0. The maximum Gasteiger partial charge on any atom is 0.316 e. The lowest BCUT2D eigenvalue weighted by molar-refractivity contribution is -0.606. The highest BCUT2D eigenvalue weighted by Crippen LogP contribution is 2.44. The summed E-state index contributed by atoms with van der Waals surface area (Å²) in [5.74, 6) is 0.563. The molecule has 0 spiro atoms. The maximum atomic E-state index is 13.1. The predicted molar refractivity (Wildman–Crippen MR) is 91.2 cm³/mol. The van der Waals surface area contributed by atoms with Crippen molar-refractivity contribution in [2.75, 3.05) is 26.3 Å². The van der Waals surface area contributed by atoms with Crippen LogP contribution in [0.3, 0.4) is 0 Å². The van der Waals surface area contributed by atoms with E-state index < -0.39 is 0 Å². The van der Waals surface area contributed by atoms with Crippen molar-refractivity contribution in [2.45, 2.75) is 6.54 Å². The van der Waals surface area contributed by atoms with E-state index in [2.05, 4.69) is 22.0 Å². The summed E-state index contributed by atoms with van der Waals surface area (Å²) in [7, 11) is 0. The lowest BCUT2D eigenvalue weighted by Crippen LogP contribution is -2.42. The molecular weight excluding hydrogens is 302 g/mol. The molecule has 3 aromatic rings. The molecule has 1 saturated heterocycles.